The Kier molecular flexibility index (Phi) is 5.48. The summed E-state index contributed by atoms with van der Waals surface area (Å²) >= 11 is 12.1. The molecule has 1 aromatic rings. The summed E-state index contributed by atoms with van der Waals surface area (Å²) in [6, 6.07) is 2.68. The number of ketones is 1. The molecular weight excluding hydrogens is 333 g/mol. The van der Waals surface area contributed by atoms with Crippen molar-refractivity contribution in [2.45, 2.75) is 45.1 Å². The van der Waals surface area contributed by atoms with Crippen LogP contribution in [-0.4, -0.2) is 19.7 Å². The van der Waals surface area contributed by atoms with Crippen molar-refractivity contribution in [3.63, 3.8) is 0 Å². The van der Waals surface area contributed by atoms with Gasteiger partial charge in [-0.2, -0.15) is 0 Å². The summed E-state index contributed by atoms with van der Waals surface area (Å²) < 4.78 is 27.3. The van der Waals surface area contributed by atoms with Gasteiger partial charge in [-0.15, -0.1) is 0 Å². The van der Waals surface area contributed by atoms with Crippen LogP contribution in [0.5, 0.6) is 0 Å². The monoisotopic (exact) mass is 351 g/mol. The fourth-order valence-corrected chi connectivity index (χ4v) is 4.08. The molecule has 0 aliphatic heterocycles. The van der Waals surface area contributed by atoms with Crippen molar-refractivity contribution in [2.24, 2.45) is 5.92 Å². The molecule has 1 aromatic carbocycles. The van der Waals surface area contributed by atoms with Gasteiger partial charge in [-0.05, 0) is 32.9 Å². The topological polar surface area (TPSA) is 63.2 Å². The van der Waals surface area contributed by atoms with Crippen molar-refractivity contribution < 1.29 is 13.2 Å². The van der Waals surface area contributed by atoms with Crippen LogP contribution in [0.2, 0.25) is 10.0 Å². The summed E-state index contributed by atoms with van der Waals surface area (Å²) in [4.78, 5) is 12.0. The molecule has 7 heteroatoms. The van der Waals surface area contributed by atoms with E-state index in [1.807, 2.05) is 0 Å². The zero-order valence-corrected chi connectivity index (χ0v) is 14.9. The molecule has 1 N–H and O–H groups in total. The van der Waals surface area contributed by atoms with E-state index in [9.17, 15) is 13.2 Å². The van der Waals surface area contributed by atoms with Crippen LogP contribution in [0, 0.1) is 5.92 Å². The van der Waals surface area contributed by atoms with Crippen molar-refractivity contribution in [3.05, 3.63) is 27.7 Å². The molecule has 0 saturated heterocycles. The molecule has 21 heavy (non-hydrogen) atoms. The van der Waals surface area contributed by atoms with Crippen LogP contribution >= 0.6 is 23.2 Å². The third kappa shape index (κ3) is 4.42. The quantitative estimate of drug-likeness (QED) is 0.836. The van der Waals surface area contributed by atoms with E-state index in [-0.39, 0.29) is 32.2 Å². The molecule has 1 rings (SSSR count). The summed E-state index contributed by atoms with van der Waals surface area (Å²) in [7, 11) is -3.84. The van der Waals surface area contributed by atoms with Crippen molar-refractivity contribution in [1.82, 2.24) is 4.72 Å². The van der Waals surface area contributed by atoms with E-state index < -0.39 is 15.6 Å². The molecule has 118 valence electrons. The summed E-state index contributed by atoms with van der Waals surface area (Å²) in [5, 5.41) is 0.00589. The first-order valence-electron chi connectivity index (χ1n) is 6.43. The fourth-order valence-electron chi connectivity index (χ4n) is 1.71. The maximum atomic E-state index is 12.4. The lowest BCUT2D eigenvalue weighted by atomic mass is 10.0. The second-order valence-corrected chi connectivity index (χ2v) is 8.54. The van der Waals surface area contributed by atoms with Gasteiger partial charge in [0.1, 0.15) is 4.90 Å². The van der Waals surface area contributed by atoms with Gasteiger partial charge in [-0.25, -0.2) is 13.1 Å². The minimum Gasteiger partial charge on any atom is -0.294 e. The van der Waals surface area contributed by atoms with E-state index in [1.165, 1.54) is 12.1 Å². The van der Waals surface area contributed by atoms with Gasteiger partial charge in [0.2, 0.25) is 10.0 Å². The average Bonchev–Trinajstić information content (AvgIpc) is 2.24. The highest BCUT2D eigenvalue weighted by Gasteiger charge is 2.28. The number of Topliss-reactive ketones (excluding diaryl/α,β-unsaturated/α-hetero) is 1. The number of carbonyl (C=O) groups is 1. The minimum absolute atomic E-state index is 0.0464. The largest absolute Gasteiger partial charge is 0.294 e. The Balaban J connectivity index is 3.48. The Hall–Kier alpha value is -0.620. The molecule has 0 aromatic heterocycles. The van der Waals surface area contributed by atoms with E-state index in [4.69, 9.17) is 23.2 Å². The Morgan fingerprint density at radius 3 is 2.14 bits per heavy atom. The summed E-state index contributed by atoms with van der Waals surface area (Å²) in [5.41, 5.74) is -0.616. The Morgan fingerprint density at radius 2 is 1.71 bits per heavy atom. The number of rotatable bonds is 4. The number of hydrogen-bond acceptors (Lipinski definition) is 3. The number of carbonyl (C=O) groups excluding carboxylic acids is 1. The van der Waals surface area contributed by atoms with E-state index in [0.717, 1.165) is 0 Å². The first-order chi connectivity index (χ1) is 9.37. The molecule has 0 aliphatic rings. The molecule has 4 nitrogen and oxygen atoms in total. The van der Waals surface area contributed by atoms with Crippen molar-refractivity contribution >= 4 is 39.0 Å². The molecule has 0 radical (unpaired) electrons. The number of nitrogens with one attached hydrogen (secondary N) is 1. The second kappa shape index (κ2) is 6.24. The summed E-state index contributed by atoms with van der Waals surface area (Å²) in [6.45, 7) is 8.55. The highest BCUT2D eigenvalue weighted by molar-refractivity contribution is 7.89. The zero-order chi connectivity index (χ0) is 16.6. The Labute approximate surface area is 135 Å². The molecular formula is C14H19Cl2NO3S. The number of hydrogen-bond donors (Lipinski definition) is 1. The predicted octanol–water partition coefficient (Wildman–Crippen LogP) is 3.91. The molecule has 0 spiro atoms. The normalized spacial score (nSPS) is 12.8. The van der Waals surface area contributed by atoms with Crippen molar-refractivity contribution in [3.8, 4) is 0 Å². The lowest BCUT2D eigenvalue weighted by Crippen LogP contribution is -2.40. The van der Waals surface area contributed by atoms with Crippen LogP contribution in [-0.2, 0) is 10.0 Å². The third-order valence-corrected chi connectivity index (χ3v) is 5.18. The maximum absolute atomic E-state index is 12.4. The minimum atomic E-state index is -3.84. The maximum Gasteiger partial charge on any atom is 0.242 e. The van der Waals surface area contributed by atoms with E-state index in [0.29, 0.717) is 0 Å². The van der Waals surface area contributed by atoms with Gasteiger partial charge in [0.05, 0.1) is 15.6 Å². The highest BCUT2D eigenvalue weighted by Crippen LogP contribution is 2.33. The first-order valence-corrected chi connectivity index (χ1v) is 8.67. The average molecular weight is 352 g/mol. The van der Waals surface area contributed by atoms with Gasteiger partial charge < -0.3 is 0 Å². The third-order valence-electron chi connectivity index (χ3n) is 2.56. The van der Waals surface area contributed by atoms with E-state index in [1.54, 1.807) is 34.6 Å². The molecule has 0 atom stereocenters. The fraction of sp³-hybridized carbons (Fsp3) is 0.500. The van der Waals surface area contributed by atoms with E-state index in [2.05, 4.69) is 4.72 Å². The van der Waals surface area contributed by atoms with Crippen LogP contribution in [0.25, 0.3) is 0 Å². The molecule has 0 heterocycles. The van der Waals surface area contributed by atoms with Crippen molar-refractivity contribution in [2.75, 3.05) is 0 Å². The molecule has 0 saturated carbocycles. The van der Waals surface area contributed by atoms with Gasteiger partial charge in [-0.3, -0.25) is 4.79 Å². The van der Waals surface area contributed by atoms with E-state index >= 15 is 0 Å². The van der Waals surface area contributed by atoms with Crippen LogP contribution < -0.4 is 4.72 Å². The summed E-state index contributed by atoms with van der Waals surface area (Å²) in [5.74, 6) is -0.633. The number of sulfonamides is 1. The molecule has 0 unspecified atom stereocenters. The van der Waals surface area contributed by atoms with Gasteiger partial charge in [-0.1, -0.05) is 37.0 Å². The molecule has 0 bridgehead atoms. The number of halogens is 2. The first kappa shape index (κ1) is 18.4. The summed E-state index contributed by atoms with van der Waals surface area (Å²) in [6.07, 6.45) is 0. The van der Waals surface area contributed by atoms with Crippen LogP contribution in [0.3, 0.4) is 0 Å². The van der Waals surface area contributed by atoms with Gasteiger partial charge in [0.25, 0.3) is 0 Å². The van der Waals surface area contributed by atoms with Crippen molar-refractivity contribution in [1.29, 1.82) is 0 Å². The number of benzene rings is 1. The van der Waals surface area contributed by atoms with Crippen LogP contribution in [0.4, 0.5) is 0 Å². The molecule has 0 amide bonds. The smallest absolute Gasteiger partial charge is 0.242 e. The zero-order valence-electron chi connectivity index (χ0n) is 12.6. The molecule has 0 aliphatic carbocycles. The lowest BCUT2D eigenvalue weighted by Gasteiger charge is -2.21. The van der Waals surface area contributed by atoms with Crippen LogP contribution in [0.15, 0.2) is 17.0 Å². The predicted molar refractivity (Wildman–Crippen MR) is 85.7 cm³/mol. The van der Waals surface area contributed by atoms with Crippen LogP contribution in [0.1, 0.15) is 45.0 Å². The Bertz CT molecular complexity index is 662. The SMILES string of the molecule is CC(C)C(=O)c1c(Cl)ccc(S(=O)(=O)NC(C)(C)C)c1Cl. The second-order valence-electron chi connectivity index (χ2n) is 6.11. The Morgan fingerprint density at radius 1 is 1.19 bits per heavy atom. The molecule has 0 fully saturated rings. The highest BCUT2D eigenvalue weighted by atomic mass is 35.5. The van der Waals surface area contributed by atoms with Gasteiger partial charge in [0.15, 0.2) is 5.78 Å². The lowest BCUT2D eigenvalue weighted by molar-refractivity contribution is 0.0939. The van der Waals surface area contributed by atoms with Gasteiger partial charge >= 0.3 is 0 Å². The standard InChI is InChI=1S/C14H19Cl2NO3S/c1-8(2)13(18)11-9(15)6-7-10(12(11)16)21(19,20)17-14(3,4)5/h6-8,17H,1-5H3. The van der Waals surface area contributed by atoms with Gasteiger partial charge in [0, 0.05) is 11.5 Å².